The SMILES string of the molecule is c1ccc2c(c1)Sc1ccccc1N2C[C@H]1CC2CCNCC[C@H]21. The number of rotatable bonds is 2. The Morgan fingerprint density at radius 3 is 2.33 bits per heavy atom. The Hall–Kier alpha value is -1.45. The predicted octanol–water partition coefficient (Wildman–Crippen LogP) is 4.93. The van der Waals surface area contributed by atoms with E-state index in [1.807, 2.05) is 11.8 Å². The molecule has 2 heterocycles. The van der Waals surface area contributed by atoms with Crippen molar-refractivity contribution in [2.24, 2.45) is 17.8 Å². The van der Waals surface area contributed by atoms with E-state index in [-0.39, 0.29) is 0 Å². The van der Waals surface area contributed by atoms with Crippen LogP contribution in [0.5, 0.6) is 0 Å². The zero-order chi connectivity index (χ0) is 15.9. The van der Waals surface area contributed by atoms with Crippen LogP contribution in [0.1, 0.15) is 19.3 Å². The molecule has 2 nitrogen and oxygen atoms in total. The van der Waals surface area contributed by atoms with Crippen molar-refractivity contribution in [2.75, 3.05) is 24.5 Å². The minimum atomic E-state index is 0.846. The van der Waals surface area contributed by atoms with Crippen molar-refractivity contribution in [3.63, 3.8) is 0 Å². The third-order valence-corrected chi connectivity index (χ3v) is 7.24. The van der Waals surface area contributed by atoms with Crippen molar-refractivity contribution >= 4 is 23.1 Å². The highest BCUT2D eigenvalue weighted by atomic mass is 32.2. The van der Waals surface area contributed by atoms with E-state index in [1.165, 1.54) is 60.1 Å². The number of para-hydroxylation sites is 2. The fourth-order valence-electron chi connectivity index (χ4n) is 4.83. The van der Waals surface area contributed by atoms with Gasteiger partial charge in [0.15, 0.2) is 0 Å². The minimum Gasteiger partial charge on any atom is -0.339 e. The van der Waals surface area contributed by atoms with Gasteiger partial charge in [-0.1, -0.05) is 36.0 Å². The smallest absolute Gasteiger partial charge is 0.0552 e. The number of nitrogens with one attached hydrogen (secondary N) is 1. The molecule has 5 rings (SSSR count). The van der Waals surface area contributed by atoms with Crippen LogP contribution < -0.4 is 10.2 Å². The van der Waals surface area contributed by atoms with Crippen LogP contribution in [0.15, 0.2) is 58.3 Å². The monoisotopic (exact) mass is 336 g/mol. The lowest BCUT2D eigenvalue weighted by molar-refractivity contribution is 0.0748. The van der Waals surface area contributed by atoms with Crippen LogP contribution in [0.2, 0.25) is 0 Å². The zero-order valence-electron chi connectivity index (χ0n) is 13.9. The molecule has 0 aromatic heterocycles. The molecule has 0 amide bonds. The van der Waals surface area contributed by atoms with Gasteiger partial charge in [-0.2, -0.15) is 0 Å². The fourth-order valence-corrected chi connectivity index (χ4v) is 5.93. The molecule has 1 aliphatic carbocycles. The van der Waals surface area contributed by atoms with Crippen molar-refractivity contribution in [1.29, 1.82) is 0 Å². The summed E-state index contributed by atoms with van der Waals surface area (Å²) >= 11 is 1.91. The average molecular weight is 337 g/mol. The van der Waals surface area contributed by atoms with E-state index in [4.69, 9.17) is 0 Å². The quantitative estimate of drug-likeness (QED) is 0.837. The van der Waals surface area contributed by atoms with Crippen LogP contribution in [0.25, 0.3) is 0 Å². The summed E-state index contributed by atoms with van der Waals surface area (Å²) < 4.78 is 0. The van der Waals surface area contributed by atoms with Gasteiger partial charge in [0.25, 0.3) is 0 Å². The Morgan fingerprint density at radius 1 is 0.917 bits per heavy atom. The maximum atomic E-state index is 3.59. The Kier molecular flexibility index (Phi) is 3.79. The molecule has 1 unspecified atom stereocenters. The maximum absolute atomic E-state index is 3.59. The van der Waals surface area contributed by atoms with E-state index in [0.717, 1.165) is 17.8 Å². The molecular formula is C21H24N2S. The van der Waals surface area contributed by atoms with Gasteiger partial charge in [-0.3, -0.25) is 0 Å². The first-order valence-electron chi connectivity index (χ1n) is 9.24. The van der Waals surface area contributed by atoms with Crippen molar-refractivity contribution in [2.45, 2.75) is 29.1 Å². The van der Waals surface area contributed by atoms with Gasteiger partial charge in [0, 0.05) is 16.3 Å². The van der Waals surface area contributed by atoms with Gasteiger partial charge in [-0.15, -0.1) is 0 Å². The van der Waals surface area contributed by atoms with Crippen LogP contribution in [-0.2, 0) is 0 Å². The van der Waals surface area contributed by atoms with Gasteiger partial charge in [-0.05, 0) is 74.4 Å². The lowest BCUT2D eigenvalue weighted by atomic mass is 9.62. The summed E-state index contributed by atoms with van der Waals surface area (Å²) in [6.07, 6.45) is 4.16. The predicted molar refractivity (Wildman–Crippen MR) is 101 cm³/mol. The Balaban J connectivity index is 1.45. The summed E-state index contributed by atoms with van der Waals surface area (Å²) in [5.74, 6) is 2.74. The van der Waals surface area contributed by atoms with Gasteiger partial charge in [-0.25, -0.2) is 0 Å². The highest BCUT2D eigenvalue weighted by Gasteiger charge is 2.42. The topological polar surface area (TPSA) is 15.3 Å². The van der Waals surface area contributed by atoms with Gasteiger partial charge in [0.1, 0.15) is 0 Å². The molecule has 124 valence electrons. The number of fused-ring (bicyclic) bond motifs is 3. The highest BCUT2D eigenvalue weighted by Crippen LogP contribution is 2.51. The molecule has 3 heteroatoms. The largest absolute Gasteiger partial charge is 0.339 e. The van der Waals surface area contributed by atoms with E-state index in [0.29, 0.717) is 0 Å². The summed E-state index contributed by atoms with van der Waals surface area (Å²) in [5.41, 5.74) is 2.80. The number of nitrogens with zero attached hydrogens (tertiary/aromatic N) is 1. The van der Waals surface area contributed by atoms with Gasteiger partial charge in [0.2, 0.25) is 0 Å². The zero-order valence-corrected chi connectivity index (χ0v) is 14.8. The summed E-state index contributed by atoms with van der Waals surface area (Å²) in [6.45, 7) is 3.61. The van der Waals surface area contributed by atoms with Crippen LogP contribution in [0.4, 0.5) is 11.4 Å². The van der Waals surface area contributed by atoms with Crippen molar-refractivity contribution in [3.05, 3.63) is 48.5 Å². The van der Waals surface area contributed by atoms with E-state index in [9.17, 15) is 0 Å². The number of hydrogen-bond acceptors (Lipinski definition) is 3. The molecule has 2 fully saturated rings. The van der Waals surface area contributed by atoms with E-state index in [2.05, 4.69) is 58.7 Å². The maximum Gasteiger partial charge on any atom is 0.0552 e. The summed E-state index contributed by atoms with van der Waals surface area (Å²) in [7, 11) is 0. The molecule has 2 aromatic carbocycles. The minimum absolute atomic E-state index is 0.846. The molecule has 1 N–H and O–H groups in total. The van der Waals surface area contributed by atoms with Gasteiger partial charge < -0.3 is 10.2 Å². The molecule has 3 aliphatic rings. The molecule has 1 saturated carbocycles. The first-order chi connectivity index (χ1) is 11.9. The molecule has 0 spiro atoms. The molecule has 24 heavy (non-hydrogen) atoms. The van der Waals surface area contributed by atoms with Crippen LogP contribution >= 0.6 is 11.8 Å². The first-order valence-corrected chi connectivity index (χ1v) is 10.1. The van der Waals surface area contributed by atoms with E-state index >= 15 is 0 Å². The fraction of sp³-hybridized carbons (Fsp3) is 0.429. The molecule has 2 aromatic rings. The number of anilines is 2. The van der Waals surface area contributed by atoms with Crippen molar-refractivity contribution in [1.82, 2.24) is 5.32 Å². The lowest BCUT2D eigenvalue weighted by Crippen LogP contribution is -2.43. The second-order valence-electron chi connectivity index (χ2n) is 7.40. The van der Waals surface area contributed by atoms with E-state index < -0.39 is 0 Å². The molecule has 0 bridgehead atoms. The van der Waals surface area contributed by atoms with Crippen LogP contribution in [-0.4, -0.2) is 19.6 Å². The van der Waals surface area contributed by atoms with Crippen LogP contribution in [0, 0.1) is 17.8 Å². The summed E-state index contributed by atoms with van der Waals surface area (Å²) in [4.78, 5) is 5.39. The average Bonchev–Trinajstić information content (AvgIpc) is 2.80. The molecule has 2 aliphatic heterocycles. The van der Waals surface area contributed by atoms with E-state index in [1.54, 1.807) is 0 Å². The van der Waals surface area contributed by atoms with Gasteiger partial charge >= 0.3 is 0 Å². The summed E-state index contributed by atoms with van der Waals surface area (Å²) in [5, 5.41) is 3.59. The first kappa shape index (κ1) is 14.9. The molecule has 3 atom stereocenters. The van der Waals surface area contributed by atoms with Crippen molar-refractivity contribution in [3.8, 4) is 0 Å². The summed E-state index contributed by atoms with van der Waals surface area (Å²) in [6, 6.07) is 17.8. The Labute approximate surface area is 148 Å². The van der Waals surface area contributed by atoms with Crippen LogP contribution in [0.3, 0.4) is 0 Å². The number of hydrogen-bond donors (Lipinski definition) is 1. The third-order valence-electron chi connectivity index (χ3n) is 6.11. The number of benzene rings is 2. The highest BCUT2D eigenvalue weighted by molar-refractivity contribution is 7.99. The molecule has 1 saturated heterocycles. The van der Waals surface area contributed by atoms with Crippen molar-refractivity contribution < 1.29 is 0 Å². The molecular weight excluding hydrogens is 312 g/mol. The second-order valence-corrected chi connectivity index (χ2v) is 8.48. The second kappa shape index (κ2) is 6.12. The molecule has 0 radical (unpaired) electrons. The van der Waals surface area contributed by atoms with Gasteiger partial charge in [0.05, 0.1) is 11.4 Å². The Morgan fingerprint density at radius 2 is 1.58 bits per heavy atom. The third kappa shape index (κ3) is 2.46. The normalized spacial score (nSPS) is 28.2. The lowest BCUT2D eigenvalue weighted by Gasteiger charge is -2.47. The Bertz CT molecular complexity index is 699. The standard InChI is InChI=1S/C21H24N2S/c1-3-7-20-18(5-1)23(19-6-2-4-8-21(19)24-20)14-16-13-15-9-11-22-12-10-17(15)16/h1-8,15-17,22H,9-14H2/t15?,16-,17-/m1/s1.